The molecule has 24 heavy (non-hydrogen) atoms. The number of ketones is 1. The zero-order chi connectivity index (χ0) is 17.5. The molecule has 2 aromatic carbocycles. The van der Waals surface area contributed by atoms with Gasteiger partial charge in [-0.2, -0.15) is 0 Å². The third kappa shape index (κ3) is 4.39. The van der Waals surface area contributed by atoms with E-state index in [0.717, 1.165) is 0 Å². The Hall–Kier alpha value is -3.21. The van der Waals surface area contributed by atoms with Crippen molar-refractivity contribution in [2.45, 2.75) is 13.5 Å². The van der Waals surface area contributed by atoms with Gasteiger partial charge in [0.1, 0.15) is 6.61 Å². The number of benzene rings is 2. The number of hydrogen-bond acceptors (Lipinski definition) is 4. The van der Waals surface area contributed by atoms with Crippen LogP contribution in [-0.2, 0) is 16.1 Å². The van der Waals surface area contributed by atoms with Crippen molar-refractivity contribution in [2.24, 2.45) is 0 Å². The van der Waals surface area contributed by atoms with Crippen molar-refractivity contribution in [2.75, 3.05) is 0 Å². The summed E-state index contributed by atoms with van der Waals surface area (Å²) in [5.74, 6) is -0.762. The molecule has 0 saturated heterocycles. The van der Waals surface area contributed by atoms with Gasteiger partial charge in [-0.1, -0.05) is 61.2 Å². The molecule has 0 spiro atoms. The molecular weight excluding hydrogens is 306 g/mol. The van der Waals surface area contributed by atoms with Gasteiger partial charge in [-0.15, -0.1) is 0 Å². The Balaban J connectivity index is 2.09. The second-order valence-corrected chi connectivity index (χ2v) is 5.16. The van der Waals surface area contributed by atoms with Crippen LogP contribution in [0.15, 0.2) is 66.7 Å². The number of ether oxygens (including phenoxy) is 1. The molecule has 0 aliphatic carbocycles. The minimum Gasteiger partial charge on any atom is -0.444 e. The van der Waals surface area contributed by atoms with E-state index in [0.29, 0.717) is 16.7 Å². The molecule has 1 N–H and O–H groups in total. The summed E-state index contributed by atoms with van der Waals surface area (Å²) >= 11 is 0. The minimum atomic E-state index is -0.884. The van der Waals surface area contributed by atoms with Crippen LogP contribution in [0.1, 0.15) is 28.4 Å². The second-order valence-electron chi connectivity index (χ2n) is 5.16. The molecule has 5 nitrogen and oxygen atoms in total. The lowest BCUT2D eigenvalue weighted by Gasteiger charge is -2.10. The average molecular weight is 323 g/mol. The first kappa shape index (κ1) is 17.1. The molecule has 122 valence electrons. The van der Waals surface area contributed by atoms with Crippen LogP contribution in [0.25, 0.3) is 0 Å². The van der Waals surface area contributed by atoms with Crippen LogP contribution in [0.3, 0.4) is 0 Å². The van der Waals surface area contributed by atoms with Crippen molar-refractivity contribution in [3.63, 3.8) is 0 Å². The predicted octanol–water partition coefficient (Wildman–Crippen LogP) is 3.25. The van der Waals surface area contributed by atoms with Crippen molar-refractivity contribution >= 4 is 17.8 Å². The number of amides is 2. The van der Waals surface area contributed by atoms with Crippen LogP contribution >= 0.6 is 0 Å². The van der Waals surface area contributed by atoms with Gasteiger partial charge in [-0.05, 0) is 6.92 Å². The lowest BCUT2D eigenvalue weighted by atomic mass is 9.99. The van der Waals surface area contributed by atoms with Crippen LogP contribution in [0, 0.1) is 0 Å². The molecule has 2 aromatic rings. The van der Waals surface area contributed by atoms with Gasteiger partial charge in [0, 0.05) is 22.3 Å². The van der Waals surface area contributed by atoms with Gasteiger partial charge in [0.2, 0.25) is 0 Å². The lowest BCUT2D eigenvalue weighted by Crippen LogP contribution is -2.31. The van der Waals surface area contributed by atoms with Crippen LogP contribution in [0.5, 0.6) is 0 Å². The van der Waals surface area contributed by atoms with Gasteiger partial charge in [-0.3, -0.25) is 14.9 Å². The minimum absolute atomic E-state index is 0.121. The number of imide groups is 1. The molecule has 0 bridgehead atoms. The van der Waals surface area contributed by atoms with Gasteiger partial charge < -0.3 is 4.74 Å². The maximum absolute atomic E-state index is 12.6. The maximum Gasteiger partial charge on any atom is 0.414 e. The van der Waals surface area contributed by atoms with Crippen molar-refractivity contribution in [3.8, 4) is 0 Å². The summed E-state index contributed by atoms with van der Waals surface area (Å²) in [7, 11) is 0. The Kier molecular flexibility index (Phi) is 5.63. The SMILES string of the molecule is C=C(C)C(=O)NC(=O)OCc1ccccc1C(=O)c1ccccc1. The van der Waals surface area contributed by atoms with E-state index in [-0.39, 0.29) is 18.0 Å². The summed E-state index contributed by atoms with van der Waals surface area (Å²) in [4.78, 5) is 35.5. The van der Waals surface area contributed by atoms with Crippen molar-refractivity contribution in [3.05, 3.63) is 83.4 Å². The molecule has 0 heterocycles. The normalized spacial score (nSPS) is 9.88. The Morgan fingerprint density at radius 3 is 2.29 bits per heavy atom. The molecule has 0 atom stereocenters. The monoisotopic (exact) mass is 323 g/mol. The fourth-order valence-corrected chi connectivity index (χ4v) is 1.99. The summed E-state index contributed by atoms with van der Waals surface area (Å²) < 4.78 is 5.01. The van der Waals surface area contributed by atoms with E-state index in [1.54, 1.807) is 48.5 Å². The summed E-state index contributed by atoms with van der Waals surface area (Å²) in [5, 5.41) is 2.05. The van der Waals surface area contributed by atoms with E-state index < -0.39 is 12.0 Å². The van der Waals surface area contributed by atoms with Gasteiger partial charge in [-0.25, -0.2) is 4.79 Å². The van der Waals surface area contributed by atoms with E-state index in [4.69, 9.17) is 4.74 Å². The van der Waals surface area contributed by atoms with Crippen molar-refractivity contribution < 1.29 is 19.1 Å². The topological polar surface area (TPSA) is 72.5 Å². The standard InChI is InChI=1S/C19H17NO4/c1-13(2)18(22)20-19(23)24-12-15-10-6-7-11-16(15)17(21)14-8-4-3-5-9-14/h3-11H,1,12H2,2H3,(H,20,22,23). The zero-order valence-electron chi connectivity index (χ0n) is 13.2. The largest absolute Gasteiger partial charge is 0.444 e. The molecule has 0 aliphatic heterocycles. The van der Waals surface area contributed by atoms with Crippen LogP contribution in [0.4, 0.5) is 4.79 Å². The van der Waals surface area contributed by atoms with Crippen LogP contribution in [-0.4, -0.2) is 17.8 Å². The number of alkyl carbamates (subject to hydrolysis) is 1. The number of carbonyl (C=O) groups is 3. The Morgan fingerprint density at radius 2 is 1.62 bits per heavy atom. The lowest BCUT2D eigenvalue weighted by molar-refractivity contribution is -0.116. The smallest absolute Gasteiger partial charge is 0.414 e. The molecule has 5 heteroatoms. The van der Waals surface area contributed by atoms with Gasteiger partial charge in [0.05, 0.1) is 0 Å². The number of rotatable bonds is 5. The fraction of sp³-hybridized carbons (Fsp3) is 0.105. The molecule has 0 unspecified atom stereocenters. The zero-order valence-corrected chi connectivity index (χ0v) is 13.2. The van der Waals surface area contributed by atoms with E-state index in [1.807, 2.05) is 11.4 Å². The molecule has 2 amide bonds. The Morgan fingerprint density at radius 1 is 1.00 bits per heavy atom. The molecule has 0 saturated carbocycles. The summed E-state index contributed by atoms with van der Waals surface area (Å²) in [6, 6.07) is 15.7. The number of carbonyl (C=O) groups excluding carboxylic acids is 3. The maximum atomic E-state index is 12.6. The first-order valence-electron chi connectivity index (χ1n) is 7.30. The number of nitrogens with one attached hydrogen (secondary N) is 1. The van der Waals surface area contributed by atoms with Gasteiger partial charge in [0.15, 0.2) is 5.78 Å². The van der Waals surface area contributed by atoms with E-state index >= 15 is 0 Å². The molecule has 0 radical (unpaired) electrons. The highest BCUT2D eigenvalue weighted by molar-refractivity contribution is 6.09. The number of hydrogen-bond donors (Lipinski definition) is 1. The third-order valence-electron chi connectivity index (χ3n) is 3.26. The molecule has 0 aromatic heterocycles. The van der Waals surface area contributed by atoms with E-state index in [2.05, 4.69) is 6.58 Å². The van der Waals surface area contributed by atoms with Gasteiger partial charge in [0.25, 0.3) is 5.91 Å². The van der Waals surface area contributed by atoms with Crippen LogP contribution < -0.4 is 5.32 Å². The summed E-state index contributed by atoms with van der Waals surface area (Å²) in [6.07, 6.45) is -0.884. The first-order chi connectivity index (χ1) is 11.5. The summed E-state index contributed by atoms with van der Waals surface area (Å²) in [5.41, 5.74) is 1.76. The molecule has 0 aliphatic rings. The highest BCUT2D eigenvalue weighted by Crippen LogP contribution is 2.15. The molecule has 0 fully saturated rings. The highest BCUT2D eigenvalue weighted by Gasteiger charge is 2.15. The van der Waals surface area contributed by atoms with Crippen molar-refractivity contribution in [1.29, 1.82) is 0 Å². The molecule has 2 rings (SSSR count). The quantitative estimate of drug-likeness (QED) is 0.677. The van der Waals surface area contributed by atoms with Crippen LogP contribution in [0.2, 0.25) is 0 Å². The van der Waals surface area contributed by atoms with E-state index in [1.165, 1.54) is 6.92 Å². The first-order valence-corrected chi connectivity index (χ1v) is 7.30. The Bertz CT molecular complexity index is 781. The van der Waals surface area contributed by atoms with Crippen molar-refractivity contribution in [1.82, 2.24) is 5.32 Å². The predicted molar refractivity (Wildman–Crippen MR) is 89.5 cm³/mol. The second kappa shape index (κ2) is 7.87. The highest BCUT2D eigenvalue weighted by atomic mass is 16.5. The average Bonchev–Trinajstić information content (AvgIpc) is 2.60. The van der Waals surface area contributed by atoms with Gasteiger partial charge >= 0.3 is 6.09 Å². The summed E-state index contributed by atoms with van der Waals surface area (Å²) in [6.45, 7) is 4.79. The third-order valence-corrected chi connectivity index (χ3v) is 3.26. The fourth-order valence-electron chi connectivity index (χ4n) is 1.99. The molecular formula is C19H17NO4. The van der Waals surface area contributed by atoms with E-state index in [9.17, 15) is 14.4 Å². The Labute approximate surface area is 140 Å².